The van der Waals surface area contributed by atoms with Crippen LogP contribution in [0.3, 0.4) is 0 Å². The Bertz CT molecular complexity index is 36.9. The zero-order chi connectivity index (χ0) is 3.86. The quantitative estimate of drug-likeness (QED) is 0.438. The van der Waals surface area contributed by atoms with E-state index in [1.807, 2.05) is 0 Å². The predicted octanol–water partition coefficient (Wildman–Crippen LogP) is 0.354. The van der Waals surface area contributed by atoms with Crippen LogP contribution in [-0.4, -0.2) is 6.04 Å². The molecule has 0 heterocycles. The molecule has 0 spiro atoms. The fourth-order valence-electron chi connectivity index (χ4n) is 0.351. The van der Waals surface area contributed by atoms with Gasteiger partial charge in [0.05, 0.1) is 0 Å². The van der Waals surface area contributed by atoms with Gasteiger partial charge >= 0.3 is 0 Å². The van der Waals surface area contributed by atoms with Crippen molar-refractivity contribution in [2.45, 2.75) is 19.4 Å². The summed E-state index contributed by atoms with van der Waals surface area (Å²) in [5.41, 5.74) is 5.37. The summed E-state index contributed by atoms with van der Waals surface area (Å²) in [5, 5.41) is 0. The third-order valence-corrected chi connectivity index (χ3v) is 1.17. The van der Waals surface area contributed by atoms with Gasteiger partial charge in [-0.25, -0.2) is 0 Å². The van der Waals surface area contributed by atoms with Crippen molar-refractivity contribution in [1.82, 2.24) is 0 Å². The SMILES string of the molecule is C[C@H]1C[C@@H]1N. The Hall–Kier alpha value is -0.0400. The van der Waals surface area contributed by atoms with Crippen molar-refractivity contribution in [3.05, 3.63) is 0 Å². The highest BCUT2D eigenvalue weighted by Gasteiger charge is 2.27. The smallest absolute Gasteiger partial charge is 0.00682 e. The molecule has 5 heavy (non-hydrogen) atoms. The van der Waals surface area contributed by atoms with Crippen LogP contribution in [0.4, 0.5) is 0 Å². The van der Waals surface area contributed by atoms with Crippen LogP contribution >= 0.6 is 0 Å². The zero-order valence-corrected chi connectivity index (χ0v) is 3.44. The fourth-order valence-corrected chi connectivity index (χ4v) is 0.351. The first-order valence-corrected chi connectivity index (χ1v) is 2.06. The highest BCUT2D eigenvalue weighted by molar-refractivity contribution is 4.85. The van der Waals surface area contributed by atoms with Gasteiger partial charge in [-0.15, -0.1) is 0 Å². The normalized spacial score (nSPS) is 49.2. The number of hydrogen-bond acceptors (Lipinski definition) is 1. The summed E-state index contributed by atoms with van der Waals surface area (Å²) in [6, 6.07) is 0.551. The zero-order valence-electron chi connectivity index (χ0n) is 3.44. The fraction of sp³-hybridized carbons (Fsp3) is 1.00. The molecule has 1 nitrogen and oxygen atoms in total. The molecule has 1 rings (SSSR count). The van der Waals surface area contributed by atoms with Crippen LogP contribution in [0, 0.1) is 5.92 Å². The Balaban J connectivity index is 2.20. The molecule has 0 aromatic heterocycles. The maximum absolute atomic E-state index is 5.37. The van der Waals surface area contributed by atoms with Crippen LogP contribution in [0.2, 0.25) is 0 Å². The largest absolute Gasteiger partial charge is 0.327 e. The van der Waals surface area contributed by atoms with E-state index in [4.69, 9.17) is 5.73 Å². The number of hydrogen-bond donors (Lipinski definition) is 1. The molecule has 0 unspecified atom stereocenters. The average Bonchev–Trinajstić information content (AvgIpc) is 1.79. The first-order chi connectivity index (χ1) is 2.30. The summed E-state index contributed by atoms with van der Waals surface area (Å²) < 4.78 is 0. The van der Waals surface area contributed by atoms with E-state index in [0.717, 1.165) is 5.92 Å². The van der Waals surface area contributed by atoms with Crippen molar-refractivity contribution in [3.63, 3.8) is 0 Å². The lowest BCUT2D eigenvalue weighted by Gasteiger charge is -1.69. The molecule has 1 aliphatic rings. The van der Waals surface area contributed by atoms with Crippen molar-refractivity contribution in [1.29, 1.82) is 0 Å². The van der Waals surface area contributed by atoms with E-state index >= 15 is 0 Å². The minimum Gasteiger partial charge on any atom is -0.327 e. The lowest BCUT2D eigenvalue weighted by Crippen LogP contribution is -1.98. The van der Waals surface area contributed by atoms with Gasteiger partial charge in [-0.05, 0) is 12.3 Å². The second-order valence-corrected chi connectivity index (χ2v) is 1.88. The van der Waals surface area contributed by atoms with Crippen molar-refractivity contribution < 1.29 is 0 Å². The van der Waals surface area contributed by atoms with Gasteiger partial charge in [0.1, 0.15) is 0 Å². The molecule has 0 radical (unpaired) electrons. The molecule has 1 heteroatoms. The van der Waals surface area contributed by atoms with Crippen LogP contribution in [0.15, 0.2) is 0 Å². The summed E-state index contributed by atoms with van der Waals surface area (Å²) >= 11 is 0. The first kappa shape index (κ1) is 3.16. The Morgan fingerprint density at radius 2 is 2.00 bits per heavy atom. The first-order valence-electron chi connectivity index (χ1n) is 2.06. The van der Waals surface area contributed by atoms with Gasteiger partial charge in [-0.2, -0.15) is 0 Å². The average molecular weight is 71.1 g/mol. The lowest BCUT2D eigenvalue weighted by atomic mass is 10.5. The molecule has 0 amide bonds. The van der Waals surface area contributed by atoms with E-state index in [1.165, 1.54) is 6.42 Å². The Morgan fingerprint density at radius 1 is 1.80 bits per heavy atom. The van der Waals surface area contributed by atoms with E-state index in [0.29, 0.717) is 6.04 Å². The van der Waals surface area contributed by atoms with Crippen LogP contribution in [0.1, 0.15) is 13.3 Å². The third-order valence-electron chi connectivity index (χ3n) is 1.17. The molecule has 0 saturated heterocycles. The number of nitrogens with two attached hydrogens (primary N) is 1. The van der Waals surface area contributed by atoms with E-state index < -0.39 is 0 Å². The highest BCUT2D eigenvalue weighted by atomic mass is 14.7. The van der Waals surface area contributed by atoms with Crippen LogP contribution in [-0.2, 0) is 0 Å². The molecule has 1 saturated carbocycles. The van der Waals surface area contributed by atoms with Gasteiger partial charge in [-0.3, -0.25) is 0 Å². The van der Waals surface area contributed by atoms with E-state index in [2.05, 4.69) is 6.92 Å². The van der Waals surface area contributed by atoms with Crippen molar-refractivity contribution in [2.24, 2.45) is 11.7 Å². The van der Waals surface area contributed by atoms with Gasteiger partial charge in [0, 0.05) is 6.04 Å². The molecule has 0 aromatic carbocycles. The van der Waals surface area contributed by atoms with Crippen molar-refractivity contribution in [3.8, 4) is 0 Å². The van der Waals surface area contributed by atoms with Crippen molar-refractivity contribution in [2.75, 3.05) is 0 Å². The molecular weight excluding hydrogens is 62.1 g/mol. The Morgan fingerprint density at radius 3 is 2.00 bits per heavy atom. The Labute approximate surface area is 32.2 Å². The summed E-state index contributed by atoms with van der Waals surface area (Å²) in [4.78, 5) is 0. The van der Waals surface area contributed by atoms with Gasteiger partial charge in [0.15, 0.2) is 0 Å². The maximum Gasteiger partial charge on any atom is 0.00682 e. The van der Waals surface area contributed by atoms with Crippen LogP contribution in [0.25, 0.3) is 0 Å². The maximum atomic E-state index is 5.37. The molecule has 0 aromatic rings. The molecule has 1 fully saturated rings. The summed E-state index contributed by atoms with van der Waals surface area (Å²) in [6.45, 7) is 2.17. The second-order valence-electron chi connectivity index (χ2n) is 1.88. The van der Waals surface area contributed by atoms with E-state index in [9.17, 15) is 0 Å². The molecular formula is C4H9N. The highest BCUT2D eigenvalue weighted by Crippen LogP contribution is 2.25. The van der Waals surface area contributed by atoms with Gasteiger partial charge in [0.25, 0.3) is 0 Å². The molecule has 0 aliphatic heterocycles. The molecule has 1 aliphatic carbocycles. The van der Waals surface area contributed by atoms with Gasteiger partial charge < -0.3 is 5.73 Å². The second kappa shape index (κ2) is 0.716. The summed E-state index contributed by atoms with van der Waals surface area (Å²) in [6.07, 6.45) is 1.25. The standard InChI is InChI=1S/C4H9N/c1-3-2-4(3)5/h3-4H,2,5H2,1H3/t3-,4-/m0/s1. The summed E-state index contributed by atoms with van der Waals surface area (Å²) in [5.74, 6) is 0.829. The van der Waals surface area contributed by atoms with Crippen LogP contribution in [0.5, 0.6) is 0 Å². The minimum atomic E-state index is 0.551. The molecule has 2 N–H and O–H groups in total. The van der Waals surface area contributed by atoms with E-state index in [-0.39, 0.29) is 0 Å². The van der Waals surface area contributed by atoms with Gasteiger partial charge in [-0.1, -0.05) is 6.92 Å². The van der Waals surface area contributed by atoms with E-state index in [1.54, 1.807) is 0 Å². The monoisotopic (exact) mass is 71.1 g/mol. The summed E-state index contributed by atoms with van der Waals surface area (Å²) in [7, 11) is 0. The van der Waals surface area contributed by atoms with Crippen LogP contribution < -0.4 is 5.73 Å². The number of rotatable bonds is 0. The third kappa shape index (κ3) is 0.428. The molecule has 30 valence electrons. The molecule has 2 atom stereocenters. The van der Waals surface area contributed by atoms with Crippen molar-refractivity contribution >= 4 is 0 Å². The topological polar surface area (TPSA) is 26.0 Å². The lowest BCUT2D eigenvalue weighted by molar-refractivity contribution is 0.895. The Kier molecular flexibility index (Phi) is 0.453. The minimum absolute atomic E-state index is 0.551. The predicted molar refractivity (Wildman–Crippen MR) is 21.8 cm³/mol. The molecule has 0 bridgehead atoms. The van der Waals surface area contributed by atoms with Gasteiger partial charge in [0.2, 0.25) is 0 Å².